The van der Waals surface area contributed by atoms with E-state index in [2.05, 4.69) is 10.3 Å². The molecule has 1 aromatic heterocycles. The molecular weight excluding hydrogens is 282 g/mol. The summed E-state index contributed by atoms with van der Waals surface area (Å²) in [5.74, 6) is 0. The van der Waals surface area contributed by atoms with Crippen molar-refractivity contribution in [3.8, 4) is 0 Å². The quantitative estimate of drug-likeness (QED) is 0.897. The van der Waals surface area contributed by atoms with Crippen LogP contribution in [0, 0.1) is 6.92 Å². The molecule has 7 heteroatoms. The van der Waals surface area contributed by atoms with Gasteiger partial charge in [-0.05, 0) is 40.2 Å². The molecule has 1 saturated heterocycles. The van der Waals surface area contributed by atoms with Gasteiger partial charge in [-0.2, -0.15) is 4.31 Å². The van der Waals surface area contributed by atoms with E-state index in [0.717, 1.165) is 24.4 Å². The maximum atomic E-state index is 12.6. The van der Waals surface area contributed by atoms with Crippen LogP contribution >= 0.6 is 11.3 Å². The Morgan fingerprint density at radius 1 is 1.58 bits per heavy atom. The van der Waals surface area contributed by atoms with Crippen LogP contribution < -0.4 is 5.32 Å². The number of hydrogen-bond donors (Lipinski definition) is 1. The van der Waals surface area contributed by atoms with Crippen molar-refractivity contribution in [2.75, 3.05) is 13.1 Å². The maximum Gasteiger partial charge on any atom is 0.254 e. The Bertz CT molecular complexity index is 519. The summed E-state index contributed by atoms with van der Waals surface area (Å²) in [7, 11) is -3.42. The molecular formula is C12H21N3O2S2. The third-order valence-electron chi connectivity index (χ3n) is 3.30. The van der Waals surface area contributed by atoms with Gasteiger partial charge in [-0.15, -0.1) is 11.3 Å². The van der Waals surface area contributed by atoms with Gasteiger partial charge >= 0.3 is 0 Å². The van der Waals surface area contributed by atoms with Crippen molar-refractivity contribution >= 4 is 21.4 Å². The third-order valence-corrected chi connectivity index (χ3v) is 6.69. The van der Waals surface area contributed by atoms with Crippen LogP contribution in [0.1, 0.15) is 31.7 Å². The van der Waals surface area contributed by atoms with E-state index in [-0.39, 0.29) is 12.1 Å². The highest BCUT2D eigenvalue weighted by molar-refractivity contribution is 7.91. The fraction of sp³-hybridized carbons (Fsp3) is 0.750. The molecule has 0 aliphatic carbocycles. The first-order valence-electron chi connectivity index (χ1n) is 6.59. The summed E-state index contributed by atoms with van der Waals surface area (Å²) in [5, 5.41) is 4.13. The summed E-state index contributed by atoms with van der Waals surface area (Å²) in [5.41, 5.74) is 0. The Kier molecular flexibility index (Phi) is 4.60. The minimum atomic E-state index is -3.42. The fourth-order valence-corrected chi connectivity index (χ4v) is 5.21. The maximum absolute atomic E-state index is 12.6. The first-order chi connectivity index (χ1) is 8.91. The minimum absolute atomic E-state index is 0.0465. The number of thiazole rings is 1. The van der Waals surface area contributed by atoms with E-state index in [9.17, 15) is 8.42 Å². The van der Waals surface area contributed by atoms with Crippen LogP contribution in [0.5, 0.6) is 0 Å². The van der Waals surface area contributed by atoms with Gasteiger partial charge in [-0.3, -0.25) is 0 Å². The number of nitrogens with zero attached hydrogens (tertiary/aromatic N) is 2. The molecule has 108 valence electrons. The summed E-state index contributed by atoms with van der Waals surface area (Å²) in [4.78, 5) is 4.05. The molecule has 0 radical (unpaired) electrons. The van der Waals surface area contributed by atoms with E-state index < -0.39 is 10.0 Å². The first-order valence-corrected chi connectivity index (χ1v) is 8.84. The molecule has 0 amide bonds. The van der Waals surface area contributed by atoms with Crippen LogP contribution in [0.25, 0.3) is 0 Å². The Morgan fingerprint density at radius 2 is 2.32 bits per heavy atom. The number of aryl methyl sites for hydroxylation is 1. The topological polar surface area (TPSA) is 62.3 Å². The summed E-state index contributed by atoms with van der Waals surface area (Å²) in [6.45, 7) is 7.18. The number of rotatable bonds is 5. The summed E-state index contributed by atoms with van der Waals surface area (Å²) in [6.07, 6.45) is 3.63. The predicted molar refractivity (Wildman–Crippen MR) is 76.9 cm³/mol. The normalized spacial score (nSPS) is 20.6. The average Bonchev–Trinajstić information content (AvgIpc) is 2.96. The van der Waals surface area contributed by atoms with Crippen LogP contribution in [0.2, 0.25) is 0 Å². The van der Waals surface area contributed by atoms with Crippen molar-refractivity contribution in [3.05, 3.63) is 11.2 Å². The lowest BCUT2D eigenvalue weighted by Gasteiger charge is -2.27. The highest BCUT2D eigenvalue weighted by atomic mass is 32.2. The zero-order chi connectivity index (χ0) is 14.0. The largest absolute Gasteiger partial charge is 0.313 e. The van der Waals surface area contributed by atoms with E-state index in [4.69, 9.17) is 0 Å². The smallest absolute Gasteiger partial charge is 0.254 e. The Labute approximate surface area is 119 Å². The minimum Gasteiger partial charge on any atom is -0.313 e. The summed E-state index contributed by atoms with van der Waals surface area (Å²) in [6, 6.07) is 0.223. The number of nitrogens with one attached hydrogen (secondary N) is 1. The highest BCUT2D eigenvalue weighted by Crippen LogP contribution is 2.24. The number of aromatic nitrogens is 1. The van der Waals surface area contributed by atoms with Gasteiger partial charge in [-0.1, -0.05) is 0 Å². The Hall–Kier alpha value is -0.500. The molecule has 1 atom stereocenters. The second kappa shape index (κ2) is 5.87. The highest BCUT2D eigenvalue weighted by Gasteiger charge is 2.31. The SMILES string of the molecule is Cc1ncc(S(=O)(=O)N(CC2CCCN2)C(C)C)s1. The standard InChI is InChI=1S/C12H21N3O2S2/c1-9(2)15(8-11-5-4-6-13-11)19(16,17)12-7-14-10(3)18-12/h7,9,11,13H,4-6,8H2,1-3H3. The van der Waals surface area contributed by atoms with E-state index in [1.807, 2.05) is 20.8 Å². The van der Waals surface area contributed by atoms with E-state index in [1.54, 1.807) is 4.31 Å². The Balaban J connectivity index is 2.22. The average molecular weight is 303 g/mol. The fourth-order valence-electron chi connectivity index (χ4n) is 2.29. The van der Waals surface area contributed by atoms with Crippen LogP contribution in [-0.2, 0) is 10.0 Å². The first kappa shape index (κ1) is 14.9. The molecule has 1 aliphatic heterocycles. The zero-order valence-corrected chi connectivity index (χ0v) is 13.2. The molecule has 2 heterocycles. The van der Waals surface area contributed by atoms with Crippen molar-refractivity contribution in [2.24, 2.45) is 0 Å². The van der Waals surface area contributed by atoms with Crippen molar-refractivity contribution in [3.63, 3.8) is 0 Å². The van der Waals surface area contributed by atoms with E-state index in [1.165, 1.54) is 17.5 Å². The van der Waals surface area contributed by atoms with Gasteiger partial charge in [0.2, 0.25) is 0 Å². The van der Waals surface area contributed by atoms with Crippen molar-refractivity contribution in [1.29, 1.82) is 0 Å². The molecule has 0 bridgehead atoms. The van der Waals surface area contributed by atoms with Crippen molar-refractivity contribution in [1.82, 2.24) is 14.6 Å². The summed E-state index contributed by atoms with van der Waals surface area (Å²) < 4.78 is 27.2. The van der Waals surface area contributed by atoms with E-state index >= 15 is 0 Å². The van der Waals surface area contributed by atoms with E-state index in [0.29, 0.717) is 10.8 Å². The van der Waals surface area contributed by atoms with Crippen molar-refractivity contribution < 1.29 is 8.42 Å². The zero-order valence-electron chi connectivity index (χ0n) is 11.6. The molecule has 0 aromatic carbocycles. The van der Waals surface area contributed by atoms with Gasteiger partial charge in [0.25, 0.3) is 10.0 Å². The second-order valence-corrected chi connectivity index (χ2v) is 8.51. The second-order valence-electron chi connectivity index (χ2n) is 5.16. The van der Waals surface area contributed by atoms with Gasteiger partial charge in [0.05, 0.1) is 11.2 Å². The van der Waals surface area contributed by atoms with Gasteiger partial charge < -0.3 is 5.32 Å². The van der Waals surface area contributed by atoms with Crippen LogP contribution in [0.4, 0.5) is 0 Å². The number of sulfonamides is 1. The molecule has 0 spiro atoms. The molecule has 1 fully saturated rings. The van der Waals surface area contributed by atoms with Crippen LogP contribution in [0.15, 0.2) is 10.4 Å². The monoisotopic (exact) mass is 303 g/mol. The Morgan fingerprint density at radius 3 is 2.79 bits per heavy atom. The molecule has 1 unspecified atom stereocenters. The lowest BCUT2D eigenvalue weighted by molar-refractivity contribution is 0.323. The molecule has 1 aliphatic rings. The molecule has 0 saturated carbocycles. The van der Waals surface area contributed by atoms with Gasteiger partial charge in [0, 0.05) is 18.6 Å². The van der Waals surface area contributed by atoms with Gasteiger partial charge in [-0.25, -0.2) is 13.4 Å². The summed E-state index contributed by atoms with van der Waals surface area (Å²) >= 11 is 1.24. The molecule has 2 rings (SSSR count). The van der Waals surface area contributed by atoms with Gasteiger partial charge in [0.15, 0.2) is 4.21 Å². The molecule has 1 N–H and O–H groups in total. The van der Waals surface area contributed by atoms with Crippen LogP contribution in [0.3, 0.4) is 0 Å². The predicted octanol–water partition coefficient (Wildman–Crippen LogP) is 1.60. The lowest BCUT2D eigenvalue weighted by atomic mass is 10.2. The molecule has 1 aromatic rings. The van der Waals surface area contributed by atoms with Crippen molar-refractivity contribution in [2.45, 2.75) is 49.9 Å². The third kappa shape index (κ3) is 3.34. The molecule has 5 nitrogen and oxygen atoms in total. The van der Waals surface area contributed by atoms with Crippen LogP contribution in [-0.4, -0.2) is 42.9 Å². The van der Waals surface area contributed by atoms with Gasteiger partial charge in [0.1, 0.15) is 0 Å². The molecule has 19 heavy (non-hydrogen) atoms. The number of hydrogen-bond acceptors (Lipinski definition) is 5. The lowest BCUT2D eigenvalue weighted by Crippen LogP contribution is -2.44.